The van der Waals surface area contributed by atoms with Gasteiger partial charge in [-0.05, 0) is 12.5 Å². The van der Waals surface area contributed by atoms with Crippen LogP contribution in [0.3, 0.4) is 0 Å². The number of anilines is 1. The zero-order valence-corrected chi connectivity index (χ0v) is 9.13. The van der Waals surface area contributed by atoms with E-state index < -0.39 is 5.97 Å². The Balaban J connectivity index is 1.95. The fourth-order valence-electron chi connectivity index (χ4n) is 2.26. The lowest BCUT2D eigenvalue weighted by Crippen LogP contribution is -2.23. The summed E-state index contributed by atoms with van der Waals surface area (Å²) in [6.45, 7) is 1.25. The summed E-state index contributed by atoms with van der Waals surface area (Å²) < 4.78 is 0. The zero-order valence-electron chi connectivity index (χ0n) is 9.13. The van der Waals surface area contributed by atoms with Crippen molar-refractivity contribution >= 4 is 22.8 Å². The molecule has 3 heterocycles. The van der Waals surface area contributed by atoms with Gasteiger partial charge < -0.3 is 15.0 Å². The number of aromatic nitrogens is 3. The van der Waals surface area contributed by atoms with E-state index in [1.165, 1.54) is 6.33 Å². The highest BCUT2D eigenvalue weighted by atomic mass is 16.4. The van der Waals surface area contributed by atoms with Crippen molar-refractivity contribution in [1.29, 1.82) is 0 Å². The number of nitrogens with zero attached hydrogens (tertiary/aromatic N) is 3. The van der Waals surface area contributed by atoms with Crippen molar-refractivity contribution in [1.82, 2.24) is 15.0 Å². The summed E-state index contributed by atoms with van der Waals surface area (Å²) in [5.74, 6) is -0.203. The first-order chi connectivity index (χ1) is 8.25. The highest BCUT2D eigenvalue weighted by molar-refractivity contribution is 5.87. The number of nitrogens with one attached hydrogen (secondary N) is 1. The minimum absolute atomic E-state index is 0.293. The van der Waals surface area contributed by atoms with Gasteiger partial charge in [0.25, 0.3) is 0 Å². The van der Waals surface area contributed by atoms with Gasteiger partial charge in [0.2, 0.25) is 0 Å². The standard InChI is InChI=1S/C11H12N4O2/c16-11(17)7-2-4-15(5-7)10-8-1-3-12-9(8)13-6-14-10/h1,3,6-7H,2,4-5H2,(H,16,17)(H,12,13,14)/t7-/m1/s1. The first-order valence-corrected chi connectivity index (χ1v) is 5.51. The second-order valence-corrected chi connectivity index (χ2v) is 4.21. The summed E-state index contributed by atoms with van der Waals surface area (Å²) in [4.78, 5) is 24.3. The molecule has 0 spiro atoms. The normalized spacial score (nSPS) is 20.0. The van der Waals surface area contributed by atoms with Gasteiger partial charge in [-0.3, -0.25) is 4.79 Å². The number of rotatable bonds is 2. The van der Waals surface area contributed by atoms with Crippen LogP contribution in [0.5, 0.6) is 0 Å². The van der Waals surface area contributed by atoms with Crippen molar-refractivity contribution in [2.75, 3.05) is 18.0 Å². The van der Waals surface area contributed by atoms with Gasteiger partial charge in [-0.2, -0.15) is 0 Å². The second-order valence-electron chi connectivity index (χ2n) is 4.21. The van der Waals surface area contributed by atoms with Crippen LogP contribution in [0.2, 0.25) is 0 Å². The molecular weight excluding hydrogens is 220 g/mol. The van der Waals surface area contributed by atoms with Crippen LogP contribution in [0.1, 0.15) is 6.42 Å². The van der Waals surface area contributed by atoms with Gasteiger partial charge >= 0.3 is 5.97 Å². The third kappa shape index (κ3) is 1.61. The van der Waals surface area contributed by atoms with Gasteiger partial charge in [0, 0.05) is 19.3 Å². The Morgan fingerprint density at radius 3 is 3.18 bits per heavy atom. The van der Waals surface area contributed by atoms with Crippen molar-refractivity contribution in [2.45, 2.75) is 6.42 Å². The number of aliphatic carboxylic acids is 1. The van der Waals surface area contributed by atoms with E-state index in [4.69, 9.17) is 5.11 Å². The van der Waals surface area contributed by atoms with Crippen LogP contribution in [0.4, 0.5) is 5.82 Å². The number of carbonyl (C=O) groups is 1. The monoisotopic (exact) mass is 232 g/mol. The summed E-state index contributed by atoms with van der Waals surface area (Å²) in [5.41, 5.74) is 0.786. The Morgan fingerprint density at radius 1 is 1.53 bits per heavy atom. The van der Waals surface area contributed by atoms with Crippen LogP contribution >= 0.6 is 0 Å². The van der Waals surface area contributed by atoms with Crippen LogP contribution in [-0.4, -0.2) is 39.1 Å². The summed E-state index contributed by atoms with van der Waals surface area (Å²) in [6.07, 6.45) is 3.99. The number of hydrogen-bond acceptors (Lipinski definition) is 4. The van der Waals surface area contributed by atoms with Crippen LogP contribution in [-0.2, 0) is 4.79 Å². The molecule has 1 aliphatic rings. The van der Waals surface area contributed by atoms with Crippen molar-refractivity contribution in [3.8, 4) is 0 Å². The van der Waals surface area contributed by atoms with Gasteiger partial charge in [0.05, 0.1) is 11.3 Å². The molecule has 2 N–H and O–H groups in total. The van der Waals surface area contributed by atoms with Crippen LogP contribution < -0.4 is 4.90 Å². The quantitative estimate of drug-likeness (QED) is 0.802. The molecule has 2 aromatic rings. The first kappa shape index (κ1) is 10.1. The molecule has 0 amide bonds. The number of H-pyrrole nitrogens is 1. The predicted octanol–water partition coefficient (Wildman–Crippen LogP) is 0.869. The molecule has 2 aromatic heterocycles. The molecule has 1 fully saturated rings. The van der Waals surface area contributed by atoms with E-state index in [2.05, 4.69) is 15.0 Å². The molecule has 6 heteroatoms. The third-order valence-corrected chi connectivity index (χ3v) is 3.17. The predicted molar refractivity (Wildman–Crippen MR) is 61.8 cm³/mol. The van der Waals surface area contributed by atoms with E-state index in [1.807, 2.05) is 17.2 Å². The average Bonchev–Trinajstić information content (AvgIpc) is 2.97. The van der Waals surface area contributed by atoms with Gasteiger partial charge in [-0.15, -0.1) is 0 Å². The van der Waals surface area contributed by atoms with E-state index in [1.54, 1.807) is 0 Å². The second kappa shape index (κ2) is 3.73. The average molecular weight is 232 g/mol. The summed E-state index contributed by atoms with van der Waals surface area (Å²) in [7, 11) is 0. The number of carboxylic acids is 1. The van der Waals surface area contributed by atoms with E-state index >= 15 is 0 Å². The highest BCUT2D eigenvalue weighted by Crippen LogP contribution is 2.27. The van der Waals surface area contributed by atoms with Crippen LogP contribution in [0.15, 0.2) is 18.6 Å². The highest BCUT2D eigenvalue weighted by Gasteiger charge is 2.29. The third-order valence-electron chi connectivity index (χ3n) is 3.17. The Kier molecular flexibility index (Phi) is 2.21. The number of fused-ring (bicyclic) bond motifs is 1. The fraction of sp³-hybridized carbons (Fsp3) is 0.364. The molecule has 0 unspecified atom stereocenters. The van der Waals surface area contributed by atoms with Crippen molar-refractivity contribution < 1.29 is 9.90 Å². The molecule has 1 atom stereocenters. The lowest BCUT2D eigenvalue weighted by atomic mass is 10.1. The molecule has 1 aliphatic heterocycles. The lowest BCUT2D eigenvalue weighted by molar-refractivity contribution is -0.140. The van der Waals surface area contributed by atoms with Crippen LogP contribution in [0.25, 0.3) is 11.0 Å². The van der Waals surface area contributed by atoms with Gasteiger partial charge in [0.1, 0.15) is 17.8 Å². The van der Waals surface area contributed by atoms with Gasteiger partial charge in [0.15, 0.2) is 0 Å². The molecule has 0 bridgehead atoms. The molecule has 0 radical (unpaired) electrons. The molecule has 88 valence electrons. The van der Waals surface area contributed by atoms with Crippen molar-refractivity contribution in [3.63, 3.8) is 0 Å². The van der Waals surface area contributed by atoms with Gasteiger partial charge in [-0.1, -0.05) is 0 Å². The van der Waals surface area contributed by atoms with Crippen LogP contribution in [0, 0.1) is 5.92 Å². The summed E-state index contributed by atoms with van der Waals surface area (Å²) in [6, 6.07) is 1.92. The molecule has 0 aromatic carbocycles. The molecular formula is C11H12N4O2. The number of hydrogen-bond donors (Lipinski definition) is 2. The van der Waals surface area contributed by atoms with Gasteiger partial charge in [-0.25, -0.2) is 9.97 Å². The SMILES string of the molecule is O=C(O)[C@@H]1CCN(c2ncnc3[nH]ccc23)C1. The van der Waals surface area contributed by atoms with Crippen molar-refractivity contribution in [3.05, 3.63) is 18.6 Å². The van der Waals surface area contributed by atoms with E-state index in [0.717, 1.165) is 23.4 Å². The Morgan fingerprint density at radius 2 is 2.41 bits per heavy atom. The number of aromatic amines is 1. The smallest absolute Gasteiger partial charge is 0.308 e. The maximum Gasteiger partial charge on any atom is 0.308 e. The summed E-state index contributed by atoms with van der Waals surface area (Å²) >= 11 is 0. The fourth-order valence-corrected chi connectivity index (χ4v) is 2.26. The molecule has 0 aliphatic carbocycles. The number of carboxylic acid groups (broad SMARTS) is 1. The van der Waals surface area contributed by atoms with E-state index in [-0.39, 0.29) is 5.92 Å². The largest absolute Gasteiger partial charge is 0.481 e. The molecule has 3 rings (SSSR count). The van der Waals surface area contributed by atoms with Crippen molar-refractivity contribution in [2.24, 2.45) is 5.92 Å². The maximum absolute atomic E-state index is 10.9. The Bertz CT molecular complexity index is 565. The molecule has 0 saturated carbocycles. The topological polar surface area (TPSA) is 82.1 Å². The molecule has 1 saturated heterocycles. The minimum atomic E-state index is -0.730. The van der Waals surface area contributed by atoms with E-state index in [0.29, 0.717) is 13.0 Å². The Hall–Kier alpha value is -2.11. The minimum Gasteiger partial charge on any atom is -0.481 e. The molecule has 17 heavy (non-hydrogen) atoms. The lowest BCUT2D eigenvalue weighted by Gasteiger charge is -2.17. The van der Waals surface area contributed by atoms with E-state index in [9.17, 15) is 4.79 Å². The first-order valence-electron chi connectivity index (χ1n) is 5.51. The Labute approximate surface area is 97.3 Å². The molecule has 6 nitrogen and oxygen atoms in total. The summed E-state index contributed by atoms with van der Waals surface area (Å²) in [5, 5.41) is 9.93. The maximum atomic E-state index is 10.9. The zero-order chi connectivity index (χ0) is 11.8.